The third-order valence-corrected chi connectivity index (χ3v) is 5.84. The molecule has 0 aromatic heterocycles. The average Bonchev–Trinajstić information content (AvgIpc) is 2.86. The fourth-order valence-electron chi connectivity index (χ4n) is 3.98. The van der Waals surface area contributed by atoms with Gasteiger partial charge in [0, 0.05) is 18.8 Å². The monoisotopic (exact) mass is 434 g/mol. The summed E-state index contributed by atoms with van der Waals surface area (Å²) in [5.74, 6) is 0.434. The normalized spacial score (nSPS) is 11.5. The van der Waals surface area contributed by atoms with Crippen molar-refractivity contribution in [1.82, 2.24) is 4.90 Å². The summed E-state index contributed by atoms with van der Waals surface area (Å²) in [5.41, 5.74) is 5.68. The van der Waals surface area contributed by atoms with Crippen LogP contribution < -0.4 is 5.32 Å². The Morgan fingerprint density at radius 3 is 1.73 bits per heavy atom. The van der Waals surface area contributed by atoms with E-state index in [0.29, 0.717) is 19.0 Å². The van der Waals surface area contributed by atoms with Gasteiger partial charge in [0.25, 0.3) is 0 Å². The van der Waals surface area contributed by atoms with Crippen LogP contribution in [-0.4, -0.2) is 10.9 Å². The molecule has 0 aliphatic carbocycles. The molecule has 0 fully saturated rings. The van der Waals surface area contributed by atoms with Gasteiger partial charge in [0.15, 0.2) is 0 Å². The number of urea groups is 1. The minimum Gasteiger partial charge on any atom is -0.316 e. The Morgan fingerprint density at radius 1 is 0.667 bits per heavy atom. The smallest absolute Gasteiger partial charge is 0.316 e. The Morgan fingerprint density at radius 2 is 1.15 bits per heavy atom. The van der Waals surface area contributed by atoms with Crippen molar-refractivity contribution in [2.75, 3.05) is 5.32 Å². The molecule has 3 heteroatoms. The van der Waals surface area contributed by atoms with Gasteiger partial charge in [-0.25, -0.2) is 4.79 Å². The summed E-state index contributed by atoms with van der Waals surface area (Å²) in [4.78, 5) is 15.0. The van der Waals surface area contributed by atoms with E-state index >= 15 is 0 Å². The SMILES string of the molecule is CC(Cc1ccccc1)c1ccc(CN(Cc2ccccc2)C(=O)Nc2ccccc2)cc1. The number of amides is 2. The quantitative estimate of drug-likeness (QED) is 0.311. The second-order valence-electron chi connectivity index (χ2n) is 8.47. The van der Waals surface area contributed by atoms with Crippen LogP contribution in [0, 0.1) is 0 Å². The predicted octanol–water partition coefficient (Wildman–Crippen LogP) is 7.27. The summed E-state index contributed by atoms with van der Waals surface area (Å²) in [5, 5.41) is 3.03. The molecule has 2 amide bonds. The van der Waals surface area contributed by atoms with Crippen LogP contribution in [0.5, 0.6) is 0 Å². The molecular formula is C30H30N2O. The van der Waals surface area contributed by atoms with Gasteiger partial charge in [0.1, 0.15) is 0 Å². The Labute approximate surface area is 196 Å². The number of rotatable bonds is 8. The molecule has 0 saturated heterocycles. The number of hydrogen-bond acceptors (Lipinski definition) is 1. The fraction of sp³-hybridized carbons (Fsp3) is 0.167. The molecule has 1 atom stereocenters. The number of hydrogen-bond donors (Lipinski definition) is 1. The molecule has 0 saturated carbocycles. The molecule has 0 radical (unpaired) electrons. The topological polar surface area (TPSA) is 32.3 Å². The van der Waals surface area contributed by atoms with E-state index in [1.54, 1.807) is 0 Å². The van der Waals surface area contributed by atoms with Crippen LogP contribution in [0.25, 0.3) is 0 Å². The maximum Gasteiger partial charge on any atom is 0.322 e. The molecule has 0 bridgehead atoms. The number of carbonyl (C=O) groups is 1. The minimum atomic E-state index is -0.105. The minimum absolute atomic E-state index is 0.105. The second-order valence-corrected chi connectivity index (χ2v) is 8.47. The van der Waals surface area contributed by atoms with E-state index in [1.807, 2.05) is 53.4 Å². The van der Waals surface area contributed by atoms with Crippen LogP contribution in [0.3, 0.4) is 0 Å². The van der Waals surface area contributed by atoms with Crippen LogP contribution in [0.15, 0.2) is 115 Å². The summed E-state index contributed by atoms with van der Waals surface area (Å²) in [6, 6.07) is 38.9. The van der Waals surface area contributed by atoms with E-state index in [9.17, 15) is 4.79 Å². The highest BCUT2D eigenvalue weighted by Crippen LogP contribution is 2.22. The number of benzene rings is 4. The lowest BCUT2D eigenvalue weighted by Gasteiger charge is -2.24. The Balaban J connectivity index is 1.46. The van der Waals surface area contributed by atoms with E-state index in [0.717, 1.165) is 23.2 Å². The Kier molecular flexibility index (Phi) is 7.55. The van der Waals surface area contributed by atoms with Crippen LogP contribution >= 0.6 is 0 Å². The summed E-state index contributed by atoms with van der Waals surface area (Å²) in [7, 11) is 0. The number of nitrogens with one attached hydrogen (secondary N) is 1. The molecule has 0 spiro atoms. The van der Waals surface area contributed by atoms with Crippen molar-refractivity contribution in [3.8, 4) is 0 Å². The number of para-hydroxylation sites is 1. The number of nitrogens with zero attached hydrogens (tertiary/aromatic N) is 1. The first-order chi connectivity index (χ1) is 16.2. The van der Waals surface area contributed by atoms with Gasteiger partial charge in [0.05, 0.1) is 0 Å². The highest BCUT2D eigenvalue weighted by atomic mass is 16.2. The van der Waals surface area contributed by atoms with Gasteiger partial charge in [-0.15, -0.1) is 0 Å². The van der Waals surface area contributed by atoms with E-state index in [2.05, 4.69) is 79.0 Å². The third kappa shape index (κ3) is 6.56. The van der Waals surface area contributed by atoms with Crippen molar-refractivity contribution in [3.05, 3.63) is 138 Å². The van der Waals surface area contributed by atoms with E-state index in [4.69, 9.17) is 0 Å². The third-order valence-electron chi connectivity index (χ3n) is 5.84. The van der Waals surface area contributed by atoms with Gasteiger partial charge in [-0.2, -0.15) is 0 Å². The van der Waals surface area contributed by atoms with Gasteiger partial charge in [-0.05, 0) is 46.7 Å². The largest absolute Gasteiger partial charge is 0.322 e. The number of carbonyl (C=O) groups excluding carboxylic acids is 1. The standard InChI is InChI=1S/C30H30N2O/c1-24(21-25-11-5-2-6-12-25)28-19-17-27(18-20-28)23-32(22-26-13-7-3-8-14-26)30(33)31-29-15-9-4-10-16-29/h2-20,24H,21-23H2,1H3,(H,31,33). The molecule has 3 nitrogen and oxygen atoms in total. The lowest BCUT2D eigenvalue weighted by Crippen LogP contribution is -2.34. The van der Waals surface area contributed by atoms with Crippen molar-refractivity contribution < 1.29 is 4.79 Å². The maximum atomic E-state index is 13.1. The molecule has 33 heavy (non-hydrogen) atoms. The predicted molar refractivity (Wildman–Crippen MR) is 136 cm³/mol. The zero-order valence-electron chi connectivity index (χ0n) is 19.0. The molecule has 1 unspecified atom stereocenters. The highest BCUT2D eigenvalue weighted by molar-refractivity contribution is 5.89. The molecular weight excluding hydrogens is 404 g/mol. The molecule has 166 valence electrons. The van der Waals surface area contributed by atoms with Crippen molar-refractivity contribution in [2.24, 2.45) is 0 Å². The van der Waals surface area contributed by atoms with Crippen molar-refractivity contribution in [2.45, 2.75) is 32.4 Å². The van der Waals surface area contributed by atoms with Gasteiger partial charge < -0.3 is 10.2 Å². The van der Waals surface area contributed by atoms with Crippen molar-refractivity contribution in [1.29, 1.82) is 0 Å². The second kappa shape index (κ2) is 11.1. The molecule has 4 rings (SSSR count). The summed E-state index contributed by atoms with van der Waals surface area (Å²) < 4.78 is 0. The number of anilines is 1. The van der Waals surface area contributed by atoms with Crippen molar-refractivity contribution in [3.63, 3.8) is 0 Å². The molecule has 4 aromatic carbocycles. The molecule has 1 N–H and O–H groups in total. The Bertz CT molecular complexity index is 1130. The Hall–Kier alpha value is -3.85. The first-order valence-electron chi connectivity index (χ1n) is 11.4. The molecule has 0 aliphatic rings. The van der Waals surface area contributed by atoms with E-state index in [1.165, 1.54) is 11.1 Å². The molecule has 0 aliphatic heterocycles. The molecule has 0 heterocycles. The summed E-state index contributed by atoms with van der Waals surface area (Å²) in [6.45, 7) is 3.35. The maximum absolute atomic E-state index is 13.1. The zero-order chi connectivity index (χ0) is 22.9. The van der Waals surface area contributed by atoms with Crippen LogP contribution in [-0.2, 0) is 19.5 Å². The summed E-state index contributed by atoms with van der Waals surface area (Å²) >= 11 is 0. The van der Waals surface area contributed by atoms with Crippen LogP contribution in [0.4, 0.5) is 10.5 Å². The molecule has 4 aromatic rings. The van der Waals surface area contributed by atoms with Gasteiger partial charge in [-0.1, -0.05) is 110 Å². The first-order valence-corrected chi connectivity index (χ1v) is 11.4. The lowest BCUT2D eigenvalue weighted by molar-refractivity contribution is 0.206. The fourth-order valence-corrected chi connectivity index (χ4v) is 3.98. The summed E-state index contributed by atoms with van der Waals surface area (Å²) in [6.07, 6.45) is 1.01. The first kappa shape index (κ1) is 22.3. The van der Waals surface area contributed by atoms with Crippen LogP contribution in [0.1, 0.15) is 35.1 Å². The average molecular weight is 435 g/mol. The zero-order valence-corrected chi connectivity index (χ0v) is 19.0. The lowest BCUT2D eigenvalue weighted by atomic mass is 9.93. The van der Waals surface area contributed by atoms with E-state index < -0.39 is 0 Å². The van der Waals surface area contributed by atoms with Crippen molar-refractivity contribution >= 4 is 11.7 Å². The van der Waals surface area contributed by atoms with Gasteiger partial charge in [-0.3, -0.25) is 0 Å². The highest BCUT2D eigenvalue weighted by Gasteiger charge is 2.15. The van der Waals surface area contributed by atoms with Crippen LogP contribution in [0.2, 0.25) is 0 Å². The van der Waals surface area contributed by atoms with E-state index in [-0.39, 0.29) is 6.03 Å². The van der Waals surface area contributed by atoms with Gasteiger partial charge in [0.2, 0.25) is 0 Å². The van der Waals surface area contributed by atoms with Gasteiger partial charge >= 0.3 is 6.03 Å².